The summed E-state index contributed by atoms with van der Waals surface area (Å²) in [7, 11) is 4.77. The van der Waals surface area contributed by atoms with E-state index >= 15 is 0 Å². The van der Waals surface area contributed by atoms with Gasteiger partial charge in [0.1, 0.15) is 11.6 Å². The van der Waals surface area contributed by atoms with E-state index in [0.717, 1.165) is 22.5 Å². The minimum absolute atomic E-state index is 0.280. The maximum Gasteiger partial charge on any atom is 0.336 e. The van der Waals surface area contributed by atoms with Crippen LogP contribution in [0.4, 0.5) is 0 Å². The molecule has 7 nitrogen and oxygen atoms in total. The van der Waals surface area contributed by atoms with Crippen molar-refractivity contribution in [2.45, 2.75) is 6.54 Å². The van der Waals surface area contributed by atoms with Gasteiger partial charge in [0.25, 0.3) is 0 Å². The normalized spacial score (nSPS) is 10.6. The molecular weight excluding hydrogens is 420 g/mol. The molecule has 4 rings (SSSR count). The first-order valence-corrected chi connectivity index (χ1v) is 10.3. The van der Waals surface area contributed by atoms with Gasteiger partial charge in [-0.2, -0.15) is 0 Å². The van der Waals surface area contributed by atoms with E-state index < -0.39 is 5.97 Å². The number of nitrogens with zero attached hydrogens (tertiary/aromatic N) is 2. The fraction of sp³-hybridized carbons (Fsp3) is 0.154. The number of ether oxygens (including phenoxy) is 3. The molecule has 1 aromatic heterocycles. The van der Waals surface area contributed by atoms with Crippen LogP contribution in [-0.4, -0.2) is 42.0 Å². The van der Waals surface area contributed by atoms with Crippen molar-refractivity contribution in [2.24, 2.45) is 0 Å². The van der Waals surface area contributed by atoms with Crippen molar-refractivity contribution in [3.05, 3.63) is 84.2 Å². The quantitative estimate of drug-likeness (QED) is 0.412. The largest absolute Gasteiger partial charge is 0.496 e. The zero-order chi connectivity index (χ0) is 23.4. The van der Waals surface area contributed by atoms with Crippen LogP contribution in [-0.2, 0) is 6.54 Å². The maximum atomic E-state index is 11.5. The van der Waals surface area contributed by atoms with E-state index in [0.29, 0.717) is 29.4 Å². The Balaban J connectivity index is 1.65. The van der Waals surface area contributed by atoms with E-state index in [9.17, 15) is 9.90 Å². The molecule has 0 radical (unpaired) electrons. The summed E-state index contributed by atoms with van der Waals surface area (Å²) in [6.07, 6.45) is 3.64. The molecule has 33 heavy (non-hydrogen) atoms. The molecule has 0 amide bonds. The molecule has 0 spiro atoms. The number of aromatic nitrogens is 2. The number of carboxylic acid groups (broad SMARTS) is 1. The summed E-state index contributed by atoms with van der Waals surface area (Å²) >= 11 is 0. The van der Waals surface area contributed by atoms with Crippen LogP contribution < -0.4 is 14.2 Å². The summed E-state index contributed by atoms with van der Waals surface area (Å²) in [6, 6.07) is 18.5. The molecule has 0 saturated heterocycles. The number of benzene rings is 3. The van der Waals surface area contributed by atoms with Gasteiger partial charge >= 0.3 is 5.97 Å². The SMILES string of the molecule is COc1cc(OC)c(-c2nccn2Cc2ccc(-c3ccccc3C(=O)O)cc2)cc1OC. The molecule has 0 saturated carbocycles. The second-order valence-corrected chi connectivity index (χ2v) is 7.33. The van der Waals surface area contributed by atoms with E-state index in [4.69, 9.17) is 14.2 Å². The van der Waals surface area contributed by atoms with Gasteiger partial charge in [0, 0.05) is 25.0 Å². The number of hydrogen-bond donors (Lipinski definition) is 1. The summed E-state index contributed by atoms with van der Waals surface area (Å²) < 4.78 is 18.4. The monoisotopic (exact) mass is 444 g/mol. The molecule has 168 valence electrons. The standard InChI is InChI=1S/C26H24N2O5/c1-31-22-15-24(33-3)23(32-2)14-21(22)25-27-12-13-28(25)16-17-8-10-18(11-9-17)19-6-4-5-7-20(19)26(29)30/h4-15H,16H2,1-3H3,(H,29,30). The van der Waals surface area contributed by atoms with Crippen molar-refractivity contribution >= 4 is 5.97 Å². The maximum absolute atomic E-state index is 11.5. The fourth-order valence-electron chi connectivity index (χ4n) is 3.79. The van der Waals surface area contributed by atoms with Gasteiger partial charge in [-0.05, 0) is 28.8 Å². The van der Waals surface area contributed by atoms with Crippen molar-refractivity contribution in [3.8, 4) is 39.8 Å². The van der Waals surface area contributed by atoms with Gasteiger partial charge in [0.2, 0.25) is 0 Å². The summed E-state index contributed by atoms with van der Waals surface area (Å²) in [5.41, 5.74) is 3.65. The van der Waals surface area contributed by atoms with E-state index in [2.05, 4.69) is 4.98 Å². The summed E-state index contributed by atoms with van der Waals surface area (Å²) in [5.74, 6) is 1.58. The van der Waals surface area contributed by atoms with Crippen LogP contribution in [0.5, 0.6) is 17.2 Å². The minimum Gasteiger partial charge on any atom is -0.496 e. The van der Waals surface area contributed by atoms with Gasteiger partial charge in [-0.25, -0.2) is 9.78 Å². The zero-order valence-corrected chi connectivity index (χ0v) is 18.6. The molecule has 0 atom stereocenters. The molecule has 4 aromatic rings. The molecule has 0 bridgehead atoms. The lowest BCUT2D eigenvalue weighted by Gasteiger charge is -2.15. The third-order valence-electron chi connectivity index (χ3n) is 5.44. The second kappa shape index (κ2) is 9.48. The number of methoxy groups -OCH3 is 3. The molecular formula is C26H24N2O5. The number of carbonyl (C=O) groups is 1. The van der Waals surface area contributed by atoms with Gasteiger partial charge in [-0.15, -0.1) is 0 Å². The van der Waals surface area contributed by atoms with E-state index in [-0.39, 0.29) is 5.56 Å². The van der Waals surface area contributed by atoms with Gasteiger partial charge < -0.3 is 23.9 Å². The smallest absolute Gasteiger partial charge is 0.336 e. The molecule has 3 aromatic carbocycles. The fourth-order valence-corrected chi connectivity index (χ4v) is 3.79. The molecule has 7 heteroatoms. The van der Waals surface area contributed by atoms with Crippen LogP contribution >= 0.6 is 0 Å². The van der Waals surface area contributed by atoms with Crippen LogP contribution in [0.25, 0.3) is 22.5 Å². The molecule has 1 N–H and O–H groups in total. The Morgan fingerprint density at radius 2 is 1.55 bits per heavy atom. The number of imidazole rings is 1. The molecule has 0 unspecified atom stereocenters. The van der Waals surface area contributed by atoms with Crippen molar-refractivity contribution in [3.63, 3.8) is 0 Å². The Hall–Kier alpha value is -4.26. The molecule has 0 aliphatic heterocycles. The van der Waals surface area contributed by atoms with Gasteiger partial charge in [-0.3, -0.25) is 0 Å². The Morgan fingerprint density at radius 1 is 0.879 bits per heavy atom. The number of hydrogen-bond acceptors (Lipinski definition) is 5. The third-order valence-corrected chi connectivity index (χ3v) is 5.44. The average Bonchev–Trinajstić information content (AvgIpc) is 3.31. The molecule has 0 fully saturated rings. The van der Waals surface area contributed by atoms with E-state index in [1.54, 1.807) is 45.7 Å². The van der Waals surface area contributed by atoms with Crippen LogP contribution in [0.1, 0.15) is 15.9 Å². The summed E-state index contributed by atoms with van der Waals surface area (Å²) in [4.78, 5) is 16.1. The summed E-state index contributed by atoms with van der Waals surface area (Å²) in [5, 5.41) is 9.47. The highest BCUT2D eigenvalue weighted by molar-refractivity contribution is 5.96. The van der Waals surface area contributed by atoms with Gasteiger partial charge in [0.05, 0.1) is 32.5 Å². The predicted octanol–water partition coefficient (Wildman–Crippen LogP) is 4.99. The number of rotatable bonds is 8. The topological polar surface area (TPSA) is 82.8 Å². The first kappa shape index (κ1) is 22.0. The highest BCUT2D eigenvalue weighted by Gasteiger charge is 2.17. The average molecular weight is 444 g/mol. The highest BCUT2D eigenvalue weighted by atomic mass is 16.5. The van der Waals surface area contributed by atoms with E-state index in [1.807, 2.05) is 53.2 Å². The lowest BCUT2D eigenvalue weighted by Crippen LogP contribution is -2.03. The number of carboxylic acids is 1. The van der Waals surface area contributed by atoms with Crippen molar-refractivity contribution in [2.75, 3.05) is 21.3 Å². The first-order chi connectivity index (χ1) is 16.0. The molecule has 1 heterocycles. The Morgan fingerprint density at radius 3 is 2.21 bits per heavy atom. The second-order valence-electron chi connectivity index (χ2n) is 7.33. The predicted molar refractivity (Wildman–Crippen MR) is 125 cm³/mol. The lowest BCUT2D eigenvalue weighted by atomic mass is 9.99. The zero-order valence-electron chi connectivity index (χ0n) is 18.6. The van der Waals surface area contributed by atoms with Crippen LogP contribution in [0.2, 0.25) is 0 Å². The van der Waals surface area contributed by atoms with Gasteiger partial charge in [0.15, 0.2) is 11.5 Å². The van der Waals surface area contributed by atoms with Crippen LogP contribution in [0, 0.1) is 0 Å². The Kier molecular flexibility index (Phi) is 6.31. The minimum atomic E-state index is -0.943. The summed E-state index contributed by atoms with van der Waals surface area (Å²) in [6.45, 7) is 0.577. The Bertz CT molecular complexity index is 1280. The van der Waals surface area contributed by atoms with Crippen LogP contribution in [0.15, 0.2) is 73.1 Å². The van der Waals surface area contributed by atoms with Crippen LogP contribution in [0.3, 0.4) is 0 Å². The van der Waals surface area contributed by atoms with Crippen molar-refractivity contribution in [1.82, 2.24) is 9.55 Å². The number of aromatic carboxylic acids is 1. The first-order valence-electron chi connectivity index (χ1n) is 10.3. The van der Waals surface area contributed by atoms with Crippen molar-refractivity contribution < 1.29 is 24.1 Å². The third kappa shape index (κ3) is 4.39. The van der Waals surface area contributed by atoms with Gasteiger partial charge in [-0.1, -0.05) is 42.5 Å². The van der Waals surface area contributed by atoms with E-state index in [1.165, 1.54) is 0 Å². The molecule has 0 aliphatic rings. The lowest BCUT2D eigenvalue weighted by molar-refractivity contribution is 0.0697. The molecule has 0 aliphatic carbocycles. The highest BCUT2D eigenvalue weighted by Crippen LogP contribution is 2.39. The van der Waals surface area contributed by atoms with Crippen molar-refractivity contribution in [1.29, 1.82) is 0 Å². The Labute approximate surface area is 191 Å².